The lowest BCUT2D eigenvalue weighted by atomic mass is 9.89. The van der Waals surface area contributed by atoms with Crippen LogP contribution in [0.15, 0.2) is 12.1 Å². The third kappa shape index (κ3) is 5.75. The number of phenolic OH excluding ortho intramolecular Hbond substituents is 2. The number of aryl methyl sites for hydroxylation is 2. The fourth-order valence-corrected chi connectivity index (χ4v) is 5.89. The topological polar surface area (TPSA) is 46.9 Å². The van der Waals surface area contributed by atoms with Crippen molar-refractivity contribution in [1.82, 2.24) is 9.80 Å². The standard InChI is InChI=1S/C32H50N2O2/c1-10-20(4)27-15-22(6)29(24(8)31(27)35)18-33-13-14-34(26(12-3)17-33)19-30-23(7)16-28(21(5)11-2)32(36)25(30)9/h15-16,20-21,26,35-36H,10-14,17-19H2,1-9H3. The summed E-state index contributed by atoms with van der Waals surface area (Å²) in [6, 6.07) is 4.90. The Bertz CT molecular complexity index is 1060. The average Bonchev–Trinajstić information content (AvgIpc) is 2.88. The van der Waals surface area contributed by atoms with Crippen LogP contribution in [-0.2, 0) is 13.1 Å². The average molecular weight is 495 g/mol. The second-order valence-electron chi connectivity index (χ2n) is 11.4. The SMILES string of the molecule is CCC(C)c1cc(C)c(CN2CCN(Cc3c(C)cc(C(C)CC)c(O)c3C)C(CC)C2)c(C)c1O. The van der Waals surface area contributed by atoms with Crippen LogP contribution in [-0.4, -0.2) is 45.7 Å². The monoisotopic (exact) mass is 494 g/mol. The molecule has 4 nitrogen and oxygen atoms in total. The highest BCUT2D eigenvalue weighted by molar-refractivity contribution is 5.51. The molecule has 2 aromatic rings. The Labute approximate surface area is 220 Å². The number of hydrogen-bond acceptors (Lipinski definition) is 4. The molecule has 1 fully saturated rings. The van der Waals surface area contributed by atoms with Gasteiger partial charge in [-0.25, -0.2) is 0 Å². The largest absolute Gasteiger partial charge is 0.507 e. The molecule has 1 heterocycles. The van der Waals surface area contributed by atoms with E-state index in [2.05, 4.69) is 84.2 Å². The minimum atomic E-state index is 0.369. The second kappa shape index (κ2) is 12.0. The maximum Gasteiger partial charge on any atom is 0.122 e. The normalized spacial score (nSPS) is 19.0. The lowest BCUT2D eigenvalue weighted by Crippen LogP contribution is -2.52. The molecule has 0 spiro atoms. The Morgan fingerprint density at radius 2 is 1.25 bits per heavy atom. The highest BCUT2D eigenvalue weighted by Crippen LogP contribution is 2.37. The van der Waals surface area contributed by atoms with E-state index < -0.39 is 0 Å². The second-order valence-corrected chi connectivity index (χ2v) is 11.4. The van der Waals surface area contributed by atoms with Crippen molar-refractivity contribution in [2.45, 2.75) is 113 Å². The Balaban J connectivity index is 1.77. The summed E-state index contributed by atoms with van der Waals surface area (Å²) in [5.74, 6) is 1.72. The molecule has 3 rings (SSSR count). The van der Waals surface area contributed by atoms with Gasteiger partial charge in [0.25, 0.3) is 0 Å². The maximum absolute atomic E-state index is 11.0. The summed E-state index contributed by atoms with van der Waals surface area (Å²) >= 11 is 0. The molecule has 0 radical (unpaired) electrons. The first-order chi connectivity index (χ1) is 17.0. The quantitative estimate of drug-likeness (QED) is 0.380. The summed E-state index contributed by atoms with van der Waals surface area (Å²) in [5.41, 5.74) is 9.40. The van der Waals surface area contributed by atoms with Crippen LogP contribution in [0.3, 0.4) is 0 Å². The Morgan fingerprint density at radius 1 is 0.778 bits per heavy atom. The molecule has 1 saturated heterocycles. The van der Waals surface area contributed by atoms with E-state index in [-0.39, 0.29) is 0 Å². The molecule has 0 bridgehead atoms. The number of piperazine rings is 1. The van der Waals surface area contributed by atoms with Crippen molar-refractivity contribution in [2.75, 3.05) is 19.6 Å². The summed E-state index contributed by atoms with van der Waals surface area (Å²) in [4.78, 5) is 5.17. The van der Waals surface area contributed by atoms with Crippen molar-refractivity contribution < 1.29 is 10.2 Å². The number of phenols is 2. The molecule has 1 aliphatic rings. The fourth-order valence-electron chi connectivity index (χ4n) is 5.89. The Hall–Kier alpha value is -2.04. The predicted octanol–water partition coefficient (Wildman–Crippen LogP) is 7.45. The summed E-state index contributed by atoms with van der Waals surface area (Å²) in [5, 5.41) is 21.9. The zero-order valence-corrected chi connectivity index (χ0v) is 24.3. The lowest BCUT2D eigenvalue weighted by molar-refractivity contribution is 0.0615. The lowest BCUT2D eigenvalue weighted by Gasteiger charge is -2.42. The smallest absolute Gasteiger partial charge is 0.122 e. The van der Waals surface area contributed by atoms with Gasteiger partial charge in [0.1, 0.15) is 11.5 Å². The third-order valence-corrected chi connectivity index (χ3v) is 9.05. The first-order valence-corrected chi connectivity index (χ1v) is 14.1. The van der Waals surface area contributed by atoms with E-state index in [9.17, 15) is 10.2 Å². The van der Waals surface area contributed by atoms with Gasteiger partial charge in [-0.15, -0.1) is 0 Å². The van der Waals surface area contributed by atoms with Gasteiger partial charge in [0.15, 0.2) is 0 Å². The number of aromatic hydroxyl groups is 2. The first-order valence-electron chi connectivity index (χ1n) is 14.1. The van der Waals surface area contributed by atoms with Gasteiger partial charge in [0.05, 0.1) is 0 Å². The van der Waals surface area contributed by atoms with Crippen LogP contribution < -0.4 is 0 Å². The Morgan fingerprint density at radius 3 is 1.69 bits per heavy atom. The maximum atomic E-state index is 11.0. The number of hydrogen-bond donors (Lipinski definition) is 2. The Kier molecular flexibility index (Phi) is 9.51. The van der Waals surface area contributed by atoms with Gasteiger partial charge < -0.3 is 10.2 Å². The van der Waals surface area contributed by atoms with Gasteiger partial charge in [0, 0.05) is 38.8 Å². The number of nitrogens with zero attached hydrogens (tertiary/aromatic N) is 2. The van der Waals surface area contributed by atoms with Crippen molar-refractivity contribution in [1.29, 1.82) is 0 Å². The van der Waals surface area contributed by atoms with Crippen LogP contribution in [0, 0.1) is 27.7 Å². The molecule has 0 aliphatic carbocycles. The zero-order valence-electron chi connectivity index (χ0n) is 24.3. The number of benzene rings is 2. The fraction of sp³-hybridized carbons (Fsp3) is 0.625. The van der Waals surface area contributed by atoms with E-state index in [1.807, 2.05) is 0 Å². The highest BCUT2D eigenvalue weighted by atomic mass is 16.3. The molecule has 4 heteroatoms. The van der Waals surface area contributed by atoms with Crippen molar-refractivity contribution in [2.24, 2.45) is 0 Å². The van der Waals surface area contributed by atoms with Crippen LogP contribution >= 0.6 is 0 Å². The summed E-state index contributed by atoms with van der Waals surface area (Å²) < 4.78 is 0. The van der Waals surface area contributed by atoms with Crippen LogP contribution in [0.1, 0.15) is 110 Å². The van der Waals surface area contributed by atoms with Crippen molar-refractivity contribution in [3.63, 3.8) is 0 Å². The molecule has 36 heavy (non-hydrogen) atoms. The van der Waals surface area contributed by atoms with Gasteiger partial charge in [0.2, 0.25) is 0 Å². The van der Waals surface area contributed by atoms with Crippen molar-refractivity contribution >= 4 is 0 Å². The van der Waals surface area contributed by atoms with E-state index in [1.54, 1.807) is 0 Å². The van der Waals surface area contributed by atoms with Crippen LogP contribution in [0.25, 0.3) is 0 Å². The molecule has 2 aromatic carbocycles. The highest BCUT2D eigenvalue weighted by Gasteiger charge is 2.28. The van der Waals surface area contributed by atoms with E-state index in [1.165, 1.54) is 22.3 Å². The first kappa shape index (κ1) is 28.5. The molecule has 1 aliphatic heterocycles. The van der Waals surface area contributed by atoms with E-state index in [0.717, 1.165) is 74.2 Å². The predicted molar refractivity (Wildman–Crippen MR) is 152 cm³/mol. The van der Waals surface area contributed by atoms with Gasteiger partial charge in [-0.1, -0.05) is 46.8 Å². The molecular formula is C32H50N2O2. The third-order valence-electron chi connectivity index (χ3n) is 9.05. The summed E-state index contributed by atoms with van der Waals surface area (Å²) in [7, 11) is 0. The van der Waals surface area contributed by atoms with E-state index in [4.69, 9.17) is 0 Å². The van der Waals surface area contributed by atoms with Crippen LogP contribution in [0.4, 0.5) is 0 Å². The van der Waals surface area contributed by atoms with Crippen molar-refractivity contribution in [3.8, 4) is 11.5 Å². The van der Waals surface area contributed by atoms with Gasteiger partial charge in [-0.05, 0) is 103 Å². The minimum Gasteiger partial charge on any atom is -0.507 e. The molecule has 0 amide bonds. The molecule has 2 N–H and O–H groups in total. The molecule has 200 valence electrons. The minimum absolute atomic E-state index is 0.369. The van der Waals surface area contributed by atoms with E-state index in [0.29, 0.717) is 29.4 Å². The summed E-state index contributed by atoms with van der Waals surface area (Å²) in [6.45, 7) is 24.4. The molecular weight excluding hydrogens is 444 g/mol. The molecule has 0 aromatic heterocycles. The zero-order chi connectivity index (χ0) is 26.7. The van der Waals surface area contributed by atoms with Crippen LogP contribution in [0.2, 0.25) is 0 Å². The molecule has 3 unspecified atom stereocenters. The summed E-state index contributed by atoms with van der Waals surface area (Å²) in [6.07, 6.45) is 3.16. The van der Waals surface area contributed by atoms with Crippen molar-refractivity contribution in [3.05, 3.63) is 56.6 Å². The number of rotatable bonds is 9. The van der Waals surface area contributed by atoms with Gasteiger partial charge in [-0.2, -0.15) is 0 Å². The van der Waals surface area contributed by atoms with Crippen LogP contribution in [0.5, 0.6) is 11.5 Å². The van der Waals surface area contributed by atoms with Gasteiger partial charge in [-0.3, -0.25) is 9.80 Å². The van der Waals surface area contributed by atoms with E-state index >= 15 is 0 Å². The van der Waals surface area contributed by atoms with Gasteiger partial charge >= 0.3 is 0 Å². The molecule has 0 saturated carbocycles. The molecule has 3 atom stereocenters.